The first-order valence-corrected chi connectivity index (χ1v) is 5.22. The van der Waals surface area contributed by atoms with Gasteiger partial charge in [-0.3, -0.25) is 0 Å². The Labute approximate surface area is 97.0 Å². The molecule has 4 heteroatoms. The van der Waals surface area contributed by atoms with E-state index < -0.39 is 12.2 Å². The van der Waals surface area contributed by atoms with E-state index in [0.717, 1.165) is 5.39 Å². The highest BCUT2D eigenvalue weighted by atomic mass is 19.4. The standard InChI is InChI=1S/C13H12F3N/c1-8-6-7-9-4-2-3-5-10(9)11(8)12(17)13(14,15)16/h2-7,12H,17H2,1H3/t12-/m0/s1. The summed E-state index contributed by atoms with van der Waals surface area (Å²) >= 11 is 0. The monoisotopic (exact) mass is 239 g/mol. The van der Waals surface area contributed by atoms with Crippen LogP contribution < -0.4 is 5.73 Å². The summed E-state index contributed by atoms with van der Waals surface area (Å²) in [5.74, 6) is 0. The first-order valence-electron chi connectivity index (χ1n) is 5.22. The van der Waals surface area contributed by atoms with E-state index in [1.54, 1.807) is 43.3 Å². The van der Waals surface area contributed by atoms with Gasteiger partial charge >= 0.3 is 6.18 Å². The van der Waals surface area contributed by atoms with Gasteiger partial charge in [-0.1, -0.05) is 36.4 Å². The number of rotatable bonds is 1. The first-order chi connectivity index (χ1) is 7.91. The third kappa shape index (κ3) is 2.13. The van der Waals surface area contributed by atoms with Crippen molar-refractivity contribution in [1.29, 1.82) is 0 Å². The number of fused-ring (bicyclic) bond motifs is 1. The Hall–Kier alpha value is -1.55. The number of benzene rings is 2. The molecule has 0 spiro atoms. The Morgan fingerprint density at radius 2 is 1.71 bits per heavy atom. The van der Waals surface area contributed by atoms with Gasteiger partial charge in [0, 0.05) is 0 Å². The molecule has 0 aliphatic rings. The molecule has 2 aromatic rings. The fourth-order valence-electron chi connectivity index (χ4n) is 1.98. The lowest BCUT2D eigenvalue weighted by atomic mass is 9.94. The molecule has 2 aromatic carbocycles. The number of hydrogen-bond acceptors (Lipinski definition) is 1. The summed E-state index contributed by atoms with van der Waals surface area (Å²) in [6.07, 6.45) is -4.42. The number of hydrogen-bond donors (Lipinski definition) is 1. The zero-order chi connectivity index (χ0) is 12.6. The maximum absolute atomic E-state index is 12.7. The number of aryl methyl sites for hydroxylation is 1. The van der Waals surface area contributed by atoms with Crippen molar-refractivity contribution in [2.45, 2.75) is 19.1 Å². The van der Waals surface area contributed by atoms with E-state index in [-0.39, 0.29) is 5.56 Å². The van der Waals surface area contributed by atoms with Gasteiger partial charge in [0.1, 0.15) is 6.04 Å². The van der Waals surface area contributed by atoms with Gasteiger partial charge in [-0.2, -0.15) is 13.2 Å². The molecule has 0 unspecified atom stereocenters. The van der Waals surface area contributed by atoms with Crippen LogP contribution in [-0.2, 0) is 0 Å². The molecular weight excluding hydrogens is 227 g/mol. The fraction of sp³-hybridized carbons (Fsp3) is 0.231. The molecule has 0 saturated carbocycles. The van der Waals surface area contributed by atoms with Gasteiger partial charge in [0.25, 0.3) is 0 Å². The Morgan fingerprint density at radius 1 is 1.06 bits per heavy atom. The molecule has 0 radical (unpaired) electrons. The van der Waals surface area contributed by atoms with E-state index >= 15 is 0 Å². The number of halogens is 3. The summed E-state index contributed by atoms with van der Waals surface area (Å²) in [5.41, 5.74) is 6.04. The van der Waals surface area contributed by atoms with Crippen LogP contribution in [0.2, 0.25) is 0 Å². The third-order valence-corrected chi connectivity index (χ3v) is 2.85. The SMILES string of the molecule is Cc1ccc2ccccc2c1[C@H](N)C(F)(F)F. The average Bonchev–Trinajstić information content (AvgIpc) is 2.27. The highest BCUT2D eigenvalue weighted by Gasteiger charge is 2.39. The first kappa shape index (κ1) is 11.9. The molecule has 0 amide bonds. The molecule has 0 aromatic heterocycles. The van der Waals surface area contributed by atoms with E-state index in [2.05, 4.69) is 0 Å². The van der Waals surface area contributed by atoms with E-state index in [4.69, 9.17) is 5.73 Å². The van der Waals surface area contributed by atoms with Crippen molar-refractivity contribution in [1.82, 2.24) is 0 Å². The van der Waals surface area contributed by atoms with Crippen molar-refractivity contribution in [2.75, 3.05) is 0 Å². The van der Waals surface area contributed by atoms with Gasteiger partial charge in [0.15, 0.2) is 0 Å². The molecule has 0 fully saturated rings. The topological polar surface area (TPSA) is 26.0 Å². The van der Waals surface area contributed by atoms with Crippen LogP contribution in [0, 0.1) is 6.92 Å². The molecule has 0 saturated heterocycles. The smallest absolute Gasteiger partial charge is 0.316 e. The molecule has 1 nitrogen and oxygen atoms in total. The van der Waals surface area contributed by atoms with Gasteiger partial charge in [-0.25, -0.2) is 0 Å². The third-order valence-electron chi connectivity index (χ3n) is 2.85. The largest absolute Gasteiger partial charge is 0.407 e. The van der Waals surface area contributed by atoms with Crippen LogP contribution in [0.25, 0.3) is 10.8 Å². The molecule has 17 heavy (non-hydrogen) atoms. The number of nitrogens with two attached hydrogens (primary N) is 1. The predicted molar refractivity (Wildman–Crippen MR) is 61.7 cm³/mol. The van der Waals surface area contributed by atoms with Gasteiger partial charge in [-0.05, 0) is 28.8 Å². The van der Waals surface area contributed by atoms with Crippen molar-refractivity contribution in [3.63, 3.8) is 0 Å². The highest BCUT2D eigenvalue weighted by Crippen LogP contribution is 2.36. The molecule has 0 heterocycles. The zero-order valence-electron chi connectivity index (χ0n) is 9.25. The summed E-state index contributed by atoms with van der Waals surface area (Å²) in [7, 11) is 0. The molecule has 2 N–H and O–H groups in total. The van der Waals surface area contributed by atoms with Crippen LogP contribution in [0.5, 0.6) is 0 Å². The lowest BCUT2D eigenvalue weighted by Gasteiger charge is -2.20. The lowest BCUT2D eigenvalue weighted by Crippen LogP contribution is -2.29. The summed E-state index contributed by atoms with van der Waals surface area (Å²) in [4.78, 5) is 0. The summed E-state index contributed by atoms with van der Waals surface area (Å²) < 4.78 is 38.2. The summed E-state index contributed by atoms with van der Waals surface area (Å²) in [6.45, 7) is 1.65. The molecule has 0 aliphatic heterocycles. The Morgan fingerprint density at radius 3 is 2.35 bits per heavy atom. The highest BCUT2D eigenvalue weighted by molar-refractivity contribution is 5.87. The lowest BCUT2D eigenvalue weighted by molar-refractivity contribution is -0.149. The van der Waals surface area contributed by atoms with Crippen molar-refractivity contribution in [3.05, 3.63) is 47.5 Å². The molecule has 2 rings (SSSR count). The minimum Gasteiger partial charge on any atom is -0.316 e. The van der Waals surface area contributed by atoms with E-state index in [0.29, 0.717) is 10.9 Å². The van der Waals surface area contributed by atoms with Crippen molar-refractivity contribution >= 4 is 10.8 Å². The summed E-state index contributed by atoms with van der Waals surface area (Å²) in [5, 5.41) is 1.34. The van der Waals surface area contributed by atoms with E-state index in [1.807, 2.05) is 0 Å². The van der Waals surface area contributed by atoms with E-state index in [9.17, 15) is 13.2 Å². The minimum atomic E-state index is -4.42. The Kier molecular flexibility index (Phi) is 2.83. The second kappa shape index (κ2) is 4.04. The second-order valence-electron chi connectivity index (χ2n) is 4.04. The normalized spacial score (nSPS) is 13.9. The molecule has 1 atom stereocenters. The maximum atomic E-state index is 12.7. The minimum absolute atomic E-state index is 0.163. The van der Waals surface area contributed by atoms with Crippen LogP contribution in [-0.4, -0.2) is 6.18 Å². The Balaban J connectivity index is 2.71. The zero-order valence-corrected chi connectivity index (χ0v) is 9.25. The predicted octanol–water partition coefficient (Wildman–Crippen LogP) is 3.71. The quantitative estimate of drug-likeness (QED) is 0.806. The maximum Gasteiger partial charge on any atom is 0.407 e. The molecule has 0 bridgehead atoms. The van der Waals surface area contributed by atoms with Crippen LogP contribution >= 0.6 is 0 Å². The summed E-state index contributed by atoms with van der Waals surface area (Å²) in [6, 6.07) is 8.49. The molecule has 90 valence electrons. The van der Waals surface area contributed by atoms with Gasteiger partial charge < -0.3 is 5.73 Å². The van der Waals surface area contributed by atoms with Crippen LogP contribution in [0.15, 0.2) is 36.4 Å². The molecule has 0 aliphatic carbocycles. The van der Waals surface area contributed by atoms with Gasteiger partial charge in [-0.15, -0.1) is 0 Å². The van der Waals surface area contributed by atoms with Crippen molar-refractivity contribution in [3.8, 4) is 0 Å². The van der Waals surface area contributed by atoms with Gasteiger partial charge in [0.05, 0.1) is 0 Å². The van der Waals surface area contributed by atoms with E-state index in [1.165, 1.54) is 0 Å². The van der Waals surface area contributed by atoms with Crippen LogP contribution in [0.3, 0.4) is 0 Å². The fourth-order valence-corrected chi connectivity index (χ4v) is 1.98. The average molecular weight is 239 g/mol. The van der Waals surface area contributed by atoms with Crippen molar-refractivity contribution in [2.24, 2.45) is 5.73 Å². The van der Waals surface area contributed by atoms with Crippen LogP contribution in [0.1, 0.15) is 17.2 Å². The number of alkyl halides is 3. The second-order valence-corrected chi connectivity index (χ2v) is 4.04. The van der Waals surface area contributed by atoms with Crippen molar-refractivity contribution < 1.29 is 13.2 Å². The Bertz CT molecular complexity index is 546. The molecular formula is C13H12F3N. The van der Waals surface area contributed by atoms with Gasteiger partial charge in [0.2, 0.25) is 0 Å². The van der Waals surface area contributed by atoms with Crippen LogP contribution in [0.4, 0.5) is 13.2 Å².